The molecule has 0 aliphatic heterocycles. The number of carboxylic acid groups (broad SMARTS) is 1. The fourth-order valence-corrected chi connectivity index (χ4v) is 3.52. The van der Waals surface area contributed by atoms with Gasteiger partial charge in [-0.15, -0.1) is 0 Å². The molecular formula is C18H22N2O3. The molecule has 3 atom stereocenters. The maximum Gasteiger partial charge on any atom is 0.335 e. The maximum atomic E-state index is 11.9. The number of rotatable bonds is 5. The number of fused-ring (bicyclic) bond motifs is 2. The van der Waals surface area contributed by atoms with Gasteiger partial charge in [0.15, 0.2) is 0 Å². The van der Waals surface area contributed by atoms with Crippen LogP contribution < -0.4 is 10.6 Å². The first-order chi connectivity index (χ1) is 11.1. The lowest BCUT2D eigenvalue weighted by molar-refractivity contribution is 0.0697. The third kappa shape index (κ3) is 3.92. The molecule has 23 heavy (non-hydrogen) atoms. The van der Waals surface area contributed by atoms with Crippen molar-refractivity contribution >= 4 is 12.0 Å². The molecule has 122 valence electrons. The van der Waals surface area contributed by atoms with Crippen molar-refractivity contribution in [2.75, 3.05) is 6.54 Å². The Bertz CT molecular complexity index is 609. The predicted molar refractivity (Wildman–Crippen MR) is 87.1 cm³/mol. The molecule has 1 aromatic carbocycles. The lowest BCUT2D eigenvalue weighted by atomic mass is 9.69. The lowest BCUT2D eigenvalue weighted by Gasteiger charge is -2.38. The van der Waals surface area contributed by atoms with Crippen LogP contribution in [0.25, 0.3) is 0 Å². The van der Waals surface area contributed by atoms with E-state index in [4.69, 9.17) is 5.11 Å². The molecule has 0 saturated heterocycles. The smallest absolute Gasteiger partial charge is 0.335 e. The van der Waals surface area contributed by atoms with Gasteiger partial charge in [0.05, 0.1) is 5.56 Å². The number of benzene rings is 1. The fourth-order valence-electron chi connectivity index (χ4n) is 3.52. The van der Waals surface area contributed by atoms with Crippen molar-refractivity contribution in [1.29, 1.82) is 0 Å². The molecule has 1 aromatic rings. The van der Waals surface area contributed by atoms with Crippen molar-refractivity contribution in [3.8, 4) is 0 Å². The highest BCUT2D eigenvalue weighted by atomic mass is 16.4. The second kappa shape index (κ2) is 6.86. The van der Waals surface area contributed by atoms with Gasteiger partial charge in [0.2, 0.25) is 0 Å². The third-order valence-electron chi connectivity index (χ3n) is 4.89. The second-order valence-corrected chi connectivity index (χ2v) is 6.45. The maximum absolute atomic E-state index is 11.9. The average molecular weight is 314 g/mol. The Labute approximate surface area is 135 Å². The monoisotopic (exact) mass is 314 g/mol. The minimum absolute atomic E-state index is 0.169. The van der Waals surface area contributed by atoms with Gasteiger partial charge in [0.25, 0.3) is 0 Å². The van der Waals surface area contributed by atoms with Gasteiger partial charge < -0.3 is 15.7 Å². The number of nitrogens with one attached hydrogen (secondary N) is 2. The molecule has 3 aliphatic carbocycles. The summed E-state index contributed by atoms with van der Waals surface area (Å²) in [6, 6.07) is 6.35. The van der Waals surface area contributed by atoms with Crippen LogP contribution in [0.2, 0.25) is 0 Å². The Hall–Kier alpha value is -2.30. The zero-order valence-corrected chi connectivity index (χ0v) is 13.0. The van der Waals surface area contributed by atoms with E-state index in [-0.39, 0.29) is 11.6 Å². The van der Waals surface area contributed by atoms with Crippen LogP contribution in [0.5, 0.6) is 0 Å². The summed E-state index contributed by atoms with van der Waals surface area (Å²) >= 11 is 0. The predicted octanol–water partition coefficient (Wildman–Crippen LogP) is 2.79. The minimum Gasteiger partial charge on any atom is -0.478 e. The highest BCUT2D eigenvalue weighted by molar-refractivity contribution is 5.87. The van der Waals surface area contributed by atoms with Gasteiger partial charge in [-0.2, -0.15) is 0 Å². The van der Waals surface area contributed by atoms with Gasteiger partial charge in [0, 0.05) is 13.1 Å². The van der Waals surface area contributed by atoms with Gasteiger partial charge >= 0.3 is 12.0 Å². The Kier molecular flexibility index (Phi) is 4.65. The lowest BCUT2D eigenvalue weighted by Crippen LogP contribution is -2.41. The van der Waals surface area contributed by atoms with Crippen LogP contribution in [-0.2, 0) is 6.54 Å². The van der Waals surface area contributed by atoms with E-state index in [1.165, 1.54) is 19.3 Å². The third-order valence-corrected chi connectivity index (χ3v) is 4.89. The topological polar surface area (TPSA) is 78.4 Å². The molecule has 3 unspecified atom stereocenters. The molecule has 4 rings (SSSR count). The highest BCUT2D eigenvalue weighted by Gasteiger charge is 2.31. The summed E-state index contributed by atoms with van der Waals surface area (Å²) < 4.78 is 0. The molecule has 1 saturated carbocycles. The Morgan fingerprint density at radius 2 is 1.87 bits per heavy atom. The van der Waals surface area contributed by atoms with Gasteiger partial charge in [-0.1, -0.05) is 24.3 Å². The summed E-state index contributed by atoms with van der Waals surface area (Å²) in [6.07, 6.45) is 8.34. The van der Waals surface area contributed by atoms with Crippen LogP contribution in [0.3, 0.4) is 0 Å². The van der Waals surface area contributed by atoms with E-state index in [0.717, 1.165) is 12.1 Å². The normalized spacial score (nSPS) is 25.1. The quantitative estimate of drug-likeness (QED) is 0.731. The van der Waals surface area contributed by atoms with Crippen molar-refractivity contribution < 1.29 is 14.7 Å². The van der Waals surface area contributed by atoms with Gasteiger partial charge in [-0.3, -0.25) is 0 Å². The molecule has 3 aliphatic rings. The summed E-state index contributed by atoms with van der Waals surface area (Å²) in [5, 5.41) is 14.6. The van der Waals surface area contributed by atoms with Gasteiger partial charge in [0.1, 0.15) is 0 Å². The number of carbonyl (C=O) groups is 2. The van der Waals surface area contributed by atoms with E-state index in [2.05, 4.69) is 22.8 Å². The molecular weight excluding hydrogens is 292 g/mol. The van der Waals surface area contributed by atoms with Crippen LogP contribution in [0.1, 0.15) is 35.2 Å². The Morgan fingerprint density at radius 3 is 2.43 bits per heavy atom. The van der Waals surface area contributed by atoms with E-state index in [1.807, 2.05) is 0 Å². The summed E-state index contributed by atoms with van der Waals surface area (Å²) in [5.41, 5.74) is 1.13. The van der Waals surface area contributed by atoms with Crippen molar-refractivity contribution in [3.05, 3.63) is 47.5 Å². The van der Waals surface area contributed by atoms with Crippen molar-refractivity contribution in [2.45, 2.75) is 25.8 Å². The Morgan fingerprint density at radius 1 is 1.09 bits per heavy atom. The number of hydrogen-bond acceptors (Lipinski definition) is 2. The van der Waals surface area contributed by atoms with Crippen molar-refractivity contribution in [2.24, 2.45) is 17.8 Å². The SMILES string of the molecule is O=C(NCc1ccc(C(=O)O)cc1)NCC1CC2C=CC1CC2. The summed E-state index contributed by atoms with van der Waals surface area (Å²) in [5.74, 6) is 0.920. The van der Waals surface area contributed by atoms with E-state index < -0.39 is 5.97 Å². The molecule has 0 radical (unpaired) electrons. The molecule has 5 nitrogen and oxygen atoms in total. The number of urea groups is 1. The molecule has 5 heteroatoms. The highest BCUT2D eigenvalue weighted by Crippen LogP contribution is 2.39. The van der Waals surface area contributed by atoms with Crippen LogP contribution >= 0.6 is 0 Å². The summed E-state index contributed by atoms with van der Waals surface area (Å²) in [4.78, 5) is 22.7. The number of carbonyl (C=O) groups excluding carboxylic acids is 1. The molecule has 2 bridgehead atoms. The molecule has 2 amide bonds. The average Bonchev–Trinajstić information content (AvgIpc) is 2.59. The van der Waals surface area contributed by atoms with E-state index >= 15 is 0 Å². The minimum atomic E-state index is -0.946. The number of hydrogen-bond donors (Lipinski definition) is 3. The zero-order valence-electron chi connectivity index (χ0n) is 13.0. The molecule has 1 fully saturated rings. The van der Waals surface area contributed by atoms with Crippen LogP contribution in [0.15, 0.2) is 36.4 Å². The first-order valence-electron chi connectivity index (χ1n) is 8.14. The summed E-state index contributed by atoms with van der Waals surface area (Å²) in [7, 11) is 0. The Balaban J connectivity index is 1.41. The van der Waals surface area contributed by atoms with E-state index in [1.54, 1.807) is 24.3 Å². The van der Waals surface area contributed by atoms with Gasteiger partial charge in [-0.05, 0) is 54.7 Å². The molecule has 0 heterocycles. The molecule has 0 aromatic heterocycles. The van der Waals surface area contributed by atoms with E-state index in [0.29, 0.717) is 24.3 Å². The summed E-state index contributed by atoms with van der Waals surface area (Å²) in [6.45, 7) is 1.11. The number of amides is 2. The van der Waals surface area contributed by atoms with Crippen molar-refractivity contribution in [3.63, 3.8) is 0 Å². The van der Waals surface area contributed by atoms with Crippen molar-refractivity contribution in [1.82, 2.24) is 10.6 Å². The van der Waals surface area contributed by atoms with Crippen LogP contribution in [0.4, 0.5) is 4.79 Å². The zero-order chi connectivity index (χ0) is 16.2. The van der Waals surface area contributed by atoms with Gasteiger partial charge in [-0.25, -0.2) is 9.59 Å². The van der Waals surface area contributed by atoms with Crippen LogP contribution in [-0.4, -0.2) is 23.7 Å². The number of aromatic carboxylic acids is 1. The first-order valence-corrected chi connectivity index (χ1v) is 8.14. The van der Waals surface area contributed by atoms with Crippen LogP contribution in [0, 0.1) is 17.8 Å². The number of allylic oxidation sites excluding steroid dienone is 2. The fraction of sp³-hybridized carbons (Fsp3) is 0.444. The van der Waals surface area contributed by atoms with E-state index in [9.17, 15) is 9.59 Å². The standard InChI is InChI=1S/C18H22N2O3/c21-17(22)15-7-3-13(4-8-15)10-19-18(23)20-11-16-9-12-1-5-14(16)6-2-12/h1,3-5,7-8,12,14,16H,2,6,9-11H2,(H,21,22)(H2,19,20,23). The second-order valence-electron chi connectivity index (χ2n) is 6.45. The number of carboxylic acids is 1. The molecule has 3 N–H and O–H groups in total. The largest absolute Gasteiger partial charge is 0.478 e. The molecule has 0 spiro atoms. The first kappa shape index (κ1) is 15.6.